The summed E-state index contributed by atoms with van der Waals surface area (Å²) in [6.07, 6.45) is -0.224. The predicted octanol–water partition coefficient (Wildman–Crippen LogP) is 1.27. The number of fused-ring (bicyclic) bond motifs is 2. The highest BCUT2D eigenvalue weighted by Gasteiger charge is 2.94. The van der Waals surface area contributed by atoms with E-state index in [0.29, 0.717) is 12.4 Å². The summed E-state index contributed by atoms with van der Waals surface area (Å²) < 4.78 is 16.8. The van der Waals surface area contributed by atoms with Crippen LogP contribution in [0.3, 0.4) is 0 Å². The Labute approximate surface area is 139 Å². The number of hydrogen-bond acceptors (Lipinski definition) is 7. The molecule has 2 N–H and O–H groups in total. The summed E-state index contributed by atoms with van der Waals surface area (Å²) in [7, 11) is 1.58. The second kappa shape index (κ2) is 4.47. The number of nitriles is 2. The van der Waals surface area contributed by atoms with Gasteiger partial charge in [0.2, 0.25) is 0 Å². The average Bonchev–Trinajstić information content (AvgIpc) is 2.99. The fourth-order valence-electron chi connectivity index (χ4n) is 4.16. The maximum atomic E-state index is 10.0. The highest BCUT2D eigenvalue weighted by Crippen LogP contribution is 2.82. The predicted molar refractivity (Wildman–Crippen MR) is 82.7 cm³/mol. The molecule has 3 aliphatic rings. The summed E-state index contributed by atoms with van der Waals surface area (Å²) >= 11 is 0. The third-order valence-corrected chi connectivity index (χ3v) is 5.25. The van der Waals surface area contributed by atoms with Gasteiger partial charge >= 0.3 is 0 Å². The molecule has 1 saturated heterocycles. The summed E-state index contributed by atoms with van der Waals surface area (Å²) in [6, 6.07) is 11.7. The first kappa shape index (κ1) is 14.9. The standard InChI is InChI=1S/C17H16N4O3/c1-10-7-23-17(24-10)16(9-19)13(15(16,8-18)14(20)21-17)11-3-5-12(22-2)6-4-11/h3-6,10,13H,7H2,1-2H3,(H2,20,21)/t10-,13+,15+,16+,17+/m0/s1. The Morgan fingerprint density at radius 3 is 2.50 bits per heavy atom. The monoisotopic (exact) mass is 324 g/mol. The van der Waals surface area contributed by atoms with Gasteiger partial charge in [-0.2, -0.15) is 10.5 Å². The Morgan fingerprint density at radius 2 is 2.00 bits per heavy atom. The molecular formula is C17H16N4O3. The fourth-order valence-corrected chi connectivity index (χ4v) is 4.16. The number of nitrogens with zero attached hydrogens (tertiary/aromatic N) is 3. The lowest BCUT2D eigenvalue weighted by molar-refractivity contribution is -0.193. The zero-order valence-electron chi connectivity index (χ0n) is 13.3. The van der Waals surface area contributed by atoms with Crippen molar-refractivity contribution in [3.8, 4) is 17.9 Å². The molecule has 1 spiro atoms. The first-order valence-electron chi connectivity index (χ1n) is 7.65. The van der Waals surface area contributed by atoms with Crippen LogP contribution in [-0.2, 0) is 9.47 Å². The number of benzene rings is 1. The van der Waals surface area contributed by atoms with E-state index in [1.807, 2.05) is 19.1 Å². The van der Waals surface area contributed by atoms with Crippen LogP contribution >= 0.6 is 0 Å². The first-order valence-corrected chi connectivity index (χ1v) is 7.65. The van der Waals surface area contributed by atoms with Crippen LogP contribution in [0.4, 0.5) is 0 Å². The summed E-state index contributed by atoms with van der Waals surface area (Å²) in [6.45, 7) is 2.14. The minimum Gasteiger partial charge on any atom is -0.497 e. The lowest BCUT2D eigenvalue weighted by atomic mass is 9.94. The molecule has 4 rings (SSSR count). The van der Waals surface area contributed by atoms with Crippen molar-refractivity contribution in [1.29, 1.82) is 10.5 Å². The van der Waals surface area contributed by atoms with Gasteiger partial charge in [0.25, 0.3) is 5.91 Å². The Morgan fingerprint density at radius 1 is 1.29 bits per heavy atom. The fraction of sp³-hybridized carbons (Fsp3) is 0.471. The Hall–Kier alpha value is -2.61. The molecule has 5 atom stereocenters. The van der Waals surface area contributed by atoms with Crippen LogP contribution in [0.15, 0.2) is 29.3 Å². The van der Waals surface area contributed by atoms with Crippen molar-refractivity contribution in [2.45, 2.75) is 24.9 Å². The van der Waals surface area contributed by atoms with Gasteiger partial charge in [-0.1, -0.05) is 12.1 Å². The Kier molecular flexibility index (Phi) is 2.79. The van der Waals surface area contributed by atoms with Crippen LogP contribution in [0, 0.1) is 33.5 Å². The minimum atomic E-state index is -1.51. The Bertz CT molecular complexity index is 824. The van der Waals surface area contributed by atoms with E-state index in [1.54, 1.807) is 19.2 Å². The maximum absolute atomic E-state index is 10.0. The molecule has 1 aliphatic carbocycles. The van der Waals surface area contributed by atoms with Gasteiger partial charge in [0.1, 0.15) is 17.0 Å². The van der Waals surface area contributed by atoms with Crippen LogP contribution in [0.2, 0.25) is 0 Å². The molecular weight excluding hydrogens is 308 g/mol. The SMILES string of the molecule is COc1ccc([C@H]2[C@@]3(C#N)[C@@]4(N=C(N)[C@@]23C#N)OC[C@H](C)O4)cc1. The normalized spacial score (nSPS) is 42.1. The van der Waals surface area contributed by atoms with E-state index in [4.69, 9.17) is 19.9 Å². The largest absolute Gasteiger partial charge is 0.497 e. The van der Waals surface area contributed by atoms with Gasteiger partial charge in [-0.05, 0) is 24.6 Å². The third kappa shape index (κ3) is 1.36. The van der Waals surface area contributed by atoms with Crippen molar-refractivity contribution in [2.24, 2.45) is 21.6 Å². The maximum Gasteiger partial charge on any atom is 0.293 e. The number of ether oxygens (including phenoxy) is 3. The lowest BCUT2D eigenvalue weighted by Crippen LogP contribution is -2.39. The van der Waals surface area contributed by atoms with Gasteiger partial charge in [-0.25, -0.2) is 4.99 Å². The molecule has 1 aromatic rings. The van der Waals surface area contributed by atoms with Crippen molar-refractivity contribution in [2.75, 3.05) is 13.7 Å². The van der Waals surface area contributed by atoms with Crippen molar-refractivity contribution < 1.29 is 14.2 Å². The lowest BCUT2D eigenvalue weighted by Gasteiger charge is -2.26. The van der Waals surface area contributed by atoms with E-state index in [1.165, 1.54) is 0 Å². The number of methoxy groups -OCH3 is 1. The van der Waals surface area contributed by atoms with Crippen LogP contribution in [0.5, 0.6) is 5.75 Å². The molecule has 2 fully saturated rings. The molecule has 122 valence electrons. The summed E-state index contributed by atoms with van der Waals surface area (Å²) in [5.74, 6) is -1.18. The van der Waals surface area contributed by atoms with Gasteiger partial charge in [0, 0.05) is 5.92 Å². The number of rotatable bonds is 2. The highest BCUT2D eigenvalue weighted by molar-refractivity contribution is 6.00. The molecule has 2 heterocycles. The van der Waals surface area contributed by atoms with E-state index in [-0.39, 0.29) is 11.9 Å². The second-order valence-corrected chi connectivity index (χ2v) is 6.36. The van der Waals surface area contributed by atoms with E-state index in [2.05, 4.69) is 17.1 Å². The van der Waals surface area contributed by atoms with Crippen molar-refractivity contribution >= 4 is 5.84 Å². The first-order chi connectivity index (χ1) is 11.5. The number of aliphatic imine (C=N–C) groups is 1. The molecule has 1 aromatic carbocycles. The minimum absolute atomic E-state index is 0.0986. The molecule has 0 amide bonds. The van der Waals surface area contributed by atoms with Gasteiger partial charge in [0.15, 0.2) is 5.41 Å². The summed E-state index contributed by atoms with van der Waals surface area (Å²) in [4.78, 5) is 4.28. The van der Waals surface area contributed by atoms with Gasteiger partial charge in [-0.15, -0.1) is 0 Å². The van der Waals surface area contributed by atoms with Gasteiger partial charge in [-0.3, -0.25) is 0 Å². The van der Waals surface area contributed by atoms with Crippen molar-refractivity contribution in [3.63, 3.8) is 0 Å². The molecule has 1 saturated carbocycles. The van der Waals surface area contributed by atoms with Crippen LogP contribution in [0.25, 0.3) is 0 Å². The molecule has 7 heteroatoms. The van der Waals surface area contributed by atoms with Crippen molar-refractivity contribution in [1.82, 2.24) is 0 Å². The quantitative estimate of drug-likeness (QED) is 0.876. The van der Waals surface area contributed by atoms with Gasteiger partial charge in [0.05, 0.1) is 32.0 Å². The number of amidine groups is 1. The van der Waals surface area contributed by atoms with Crippen molar-refractivity contribution in [3.05, 3.63) is 29.8 Å². The summed E-state index contributed by atoms with van der Waals surface area (Å²) in [5.41, 5.74) is 4.39. The number of nitrogens with two attached hydrogens (primary N) is 1. The zero-order valence-corrected chi connectivity index (χ0v) is 13.3. The Balaban J connectivity index is 1.87. The molecule has 0 radical (unpaired) electrons. The topological polar surface area (TPSA) is 114 Å². The van der Waals surface area contributed by atoms with E-state index in [0.717, 1.165) is 5.56 Å². The molecule has 2 aliphatic heterocycles. The zero-order chi connectivity index (χ0) is 17.2. The van der Waals surface area contributed by atoms with Crippen LogP contribution < -0.4 is 10.5 Å². The molecule has 0 aromatic heterocycles. The molecule has 0 unspecified atom stereocenters. The number of hydrogen-bond donors (Lipinski definition) is 1. The van der Waals surface area contributed by atoms with Crippen LogP contribution in [-0.4, -0.2) is 31.6 Å². The second-order valence-electron chi connectivity index (χ2n) is 6.36. The average molecular weight is 324 g/mol. The summed E-state index contributed by atoms with van der Waals surface area (Å²) in [5, 5.41) is 19.9. The molecule has 24 heavy (non-hydrogen) atoms. The molecule has 0 bridgehead atoms. The van der Waals surface area contributed by atoms with E-state index >= 15 is 0 Å². The van der Waals surface area contributed by atoms with E-state index in [9.17, 15) is 10.5 Å². The smallest absolute Gasteiger partial charge is 0.293 e. The third-order valence-electron chi connectivity index (χ3n) is 5.25. The van der Waals surface area contributed by atoms with Crippen LogP contribution in [0.1, 0.15) is 18.4 Å². The van der Waals surface area contributed by atoms with Gasteiger partial charge < -0.3 is 19.9 Å². The highest BCUT2D eigenvalue weighted by atomic mass is 16.8. The van der Waals surface area contributed by atoms with E-state index < -0.39 is 22.7 Å². The molecule has 7 nitrogen and oxygen atoms in total.